The maximum atomic E-state index is 13.9. The summed E-state index contributed by atoms with van der Waals surface area (Å²) in [5.41, 5.74) is 1.73. The van der Waals surface area contributed by atoms with E-state index in [2.05, 4.69) is 4.98 Å². The zero-order chi connectivity index (χ0) is 24.4. The first-order chi connectivity index (χ1) is 16.0. The Kier molecular flexibility index (Phi) is 4.96. The van der Waals surface area contributed by atoms with Crippen LogP contribution in [0, 0.1) is 19.7 Å². The summed E-state index contributed by atoms with van der Waals surface area (Å²) < 4.78 is 49.8. The van der Waals surface area contributed by atoms with Gasteiger partial charge in [-0.2, -0.15) is 0 Å². The molecule has 1 aliphatic carbocycles. The number of halogens is 3. The van der Waals surface area contributed by atoms with E-state index in [1.54, 1.807) is 39.4 Å². The fraction of sp³-hybridized carbons (Fsp3) is 0.280. The smallest absolute Gasteiger partial charge is 0.274 e. The maximum absolute atomic E-state index is 13.9. The number of hydrogen-bond donors (Lipinski definition) is 1. The van der Waals surface area contributed by atoms with E-state index in [0.29, 0.717) is 38.9 Å². The number of aryl methyl sites for hydroxylation is 3. The first-order valence-corrected chi connectivity index (χ1v) is 10.8. The first-order valence-electron chi connectivity index (χ1n) is 10.8. The largest absolute Gasteiger partial charge is 0.455 e. The highest BCUT2D eigenvalue weighted by molar-refractivity contribution is 5.95. The van der Waals surface area contributed by atoms with Crippen molar-refractivity contribution in [3.05, 3.63) is 80.5 Å². The third-order valence-corrected chi connectivity index (χ3v) is 6.33. The third kappa shape index (κ3) is 3.61. The highest BCUT2D eigenvalue weighted by atomic mass is 19.3. The summed E-state index contributed by atoms with van der Waals surface area (Å²) in [4.78, 5) is 28.4. The van der Waals surface area contributed by atoms with Crippen molar-refractivity contribution in [2.24, 2.45) is 7.05 Å². The molecule has 0 radical (unpaired) electrons. The van der Waals surface area contributed by atoms with Gasteiger partial charge in [0, 0.05) is 60.9 Å². The van der Waals surface area contributed by atoms with Crippen LogP contribution in [-0.2, 0) is 7.05 Å². The molecule has 0 unspecified atom stereocenters. The summed E-state index contributed by atoms with van der Waals surface area (Å²) in [7, 11) is 1.60. The Balaban J connectivity index is 1.73. The Morgan fingerprint density at radius 1 is 1.06 bits per heavy atom. The van der Waals surface area contributed by atoms with Crippen LogP contribution in [0.15, 0.2) is 52.4 Å². The van der Waals surface area contributed by atoms with E-state index in [9.17, 15) is 22.8 Å². The van der Waals surface area contributed by atoms with Crippen LogP contribution in [0.25, 0.3) is 22.0 Å². The minimum absolute atomic E-state index is 0.235. The molecule has 0 amide bonds. The number of pyridine rings is 2. The van der Waals surface area contributed by atoms with Crippen LogP contribution in [0.4, 0.5) is 13.2 Å². The SMILES string of the molecule is Cc1cc(F)cc(C)c1Oc1cn(C2CC(F)(F)C2)c(=O)cc1-c1cn(C)c(=O)c2[nH]ccc12. The van der Waals surface area contributed by atoms with Crippen molar-refractivity contribution in [2.45, 2.75) is 38.7 Å². The summed E-state index contributed by atoms with van der Waals surface area (Å²) in [6.07, 6.45) is 3.81. The average Bonchev–Trinajstić information content (AvgIpc) is 3.22. The van der Waals surface area contributed by atoms with Gasteiger partial charge in [0.1, 0.15) is 17.1 Å². The van der Waals surface area contributed by atoms with Crippen molar-refractivity contribution in [1.29, 1.82) is 0 Å². The van der Waals surface area contributed by atoms with Gasteiger partial charge in [-0.05, 0) is 43.2 Å². The molecule has 3 aromatic heterocycles. The molecular formula is C25H22F3N3O3. The van der Waals surface area contributed by atoms with Crippen LogP contribution >= 0.6 is 0 Å². The van der Waals surface area contributed by atoms with Gasteiger partial charge in [-0.1, -0.05) is 0 Å². The molecule has 176 valence electrons. The number of alkyl halides is 2. The zero-order valence-corrected chi connectivity index (χ0v) is 18.8. The molecule has 9 heteroatoms. The second kappa shape index (κ2) is 7.65. The zero-order valence-electron chi connectivity index (χ0n) is 18.8. The minimum atomic E-state index is -2.80. The number of ether oxygens (including phenoxy) is 1. The number of aromatic amines is 1. The highest BCUT2D eigenvalue weighted by Crippen LogP contribution is 2.46. The van der Waals surface area contributed by atoms with Crippen molar-refractivity contribution in [3.63, 3.8) is 0 Å². The minimum Gasteiger partial charge on any atom is -0.455 e. The summed E-state index contributed by atoms with van der Waals surface area (Å²) in [5, 5.41) is 0.591. The standard InChI is InChI=1S/C25H22F3N3O3/c1-13-6-15(26)7-14(2)23(13)34-20-12-31(16-9-25(27,28)10-16)21(32)8-18(20)19-11-30(3)24(33)22-17(19)4-5-29-22/h4-8,11-12,16,29H,9-10H2,1-3H3. The summed E-state index contributed by atoms with van der Waals surface area (Å²) >= 11 is 0. The van der Waals surface area contributed by atoms with Crippen molar-refractivity contribution < 1.29 is 17.9 Å². The summed E-state index contributed by atoms with van der Waals surface area (Å²) in [6.45, 7) is 3.40. The number of nitrogens with one attached hydrogen (secondary N) is 1. The van der Waals surface area contributed by atoms with Gasteiger partial charge in [0.15, 0.2) is 5.75 Å². The van der Waals surface area contributed by atoms with E-state index in [1.807, 2.05) is 0 Å². The molecule has 1 aliphatic rings. The average molecular weight is 469 g/mol. The van der Waals surface area contributed by atoms with E-state index in [0.717, 1.165) is 0 Å². The lowest BCUT2D eigenvalue weighted by atomic mass is 9.87. The van der Waals surface area contributed by atoms with Crippen LogP contribution in [0.3, 0.4) is 0 Å². The van der Waals surface area contributed by atoms with Crippen LogP contribution in [0.2, 0.25) is 0 Å². The molecule has 0 saturated heterocycles. The van der Waals surface area contributed by atoms with Gasteiger partial charge in [0.05, 0.1) is 6.20 Å². The Bertz CT molecular complexity index is 1530. The lowest BCUT2D eigenvalue weighted by Crippen LogP contribution is -2.40. The first kappa shape index (κ1) is 22.1. The molecule has 6 nitrogen and oxygen atoms in total. The predicted octanol–water partition coefficient (Wildman–Crippen LogP) is 5.21. The molecule has 1 aromatic carbocycles. The number of hydrogen-bond acceptors (Lipinski definition) is 3. The molecule has 4 aromatic rings. The topological polar surface area (TPSA) is 69.0 Å². The number of H-pyrrole nitrogens is 1. The number of rotatable bonds is 4. The molecule has 3 heterocycles. The Morgan fingerprint density at radius 3 is 2.38 bits per heavy atom. The fourth-order valence-corrected chi connectivity index (χ4v) is 4.58. The van der Waals surface area contributed by atoms with Crippen LogP contribution in [0.5, 0.6) is 11.5 Å². The van der Waals surface area contributed by atoms with Gasteiger partial charge in [0.2, 0.25) is 0 Å². The molecule has 1 N–H and O–H groups in total. The van der Waals surface area contributed by atoms with Gasteiger partial charge in [0.25, 0.3) is 17.0 Å². The summed E-state index contributed by atoms with van der Waals surface area (Å²) in [5.74, 6) is -2.56. The van der Waals surface area contributed by atoms with Crippen molar-refractivity contribution in [1.82, 2.24) is 14.1 Å². The van der Waals surface area contributed by atoms with Gasteiger partial charge < -0.3 is 18.9 Å². The molecule has 34 heavy (non-hydrogen) atoms. The quantitative estimate of drug-likeness (QED) is 0.446. The normalized spacial score (nSPS) is 15.5. The van der Waals surface area contributed by atoms with Crippen molar-refractivity contribution >= 4 is 10.9 Å². The van der Waals surface area contributed by atoms with E-state index < -0.39 is 36.2 Å². The van der Waals surface area contributed by atoms with Crippen LogP contribution in [-0.4, -0.2) is 20.0 Å². The van der Waals surface area contributed by atoms with E-state index in [4.69, 9.17) is 4.74 Å². The monoisotopic (exact) mass is 469 g/mol. The Labute approximate surface area is 192 Å². The molecule has 0 atom stereocenters. The molecule has 1 saturated carbocycles. The summed E-state index contributed by atoms with van der Waals surface area (Å²) in [6, 6.07) is 5.08. The molecule has 5 rings (SSSR count). The molecule has 0 spiro atoms. The predicted molar refractivity (Wildman–Crippen MR) is 122 cm³/mol. The van der Waals surface area contributed by atoms with E-state index in [-0.39, 0.29) is 11.3 Å². The number of nitrogens with zero attached hydrogens (tertiary/aromatic N) is 2. The van der Waals surface area contributed by atoms with Crippen molar-refractivity contribution in [2.75, 3.05) is 0 Å². The van der Waals surface area contributed by atoms with Gasteiger partial charge in [-0.25, -0.2) is 13.2 Å². The lowest BCUT2D eigenvalue weighted by Gasteiger charge is -2.36. The third-order valence-electron chi connectivity index (χ3n) is 6.33. The number of aromatic nitrogens is 3. The van der Waals surface area contributed by atoms with Gasteiger partial charge in [-0.3, -0.25) is 9.59 Å². The number of benzene rings is 1. The molecule has 1 fully saturated rings. The number of fused-ring (bicyclic) bond motifs is 1. The van der Waals surface area contributed by atoms with Crippen molar-refractivity contribution in [3.8, 4) is 22.6 Å². The Morgan fingerprint density at radius 2 is 1.74 bits per heavy atom. The van der Waals surface area contributed by atoms with Crippen LogP contribution in [0.1, 0.15) is 30.0 Å². The van der Waals surface area contributed by atoms with E-state index in [1.165, 1.54) is 33.5 Å². The molecule has 0 aliphatic heterocycles. The van der Waals surface area contributed by atoms with Gasteiger partial charge in [-0.15, -0.1) is 0 Å². The van der Waals surface area contributed by atoms with E-state index >= 15 is 0 Å². The molecule has 0 bridgehead atoms. The van der Waals surface area contributed by atoms with Crippen LogP contribution < -0.4 is 15.9 Å². The molecular weight excluding hydrogens is 447 g/mol. The Hall–Kier alpha value is -3.75. The lowest BCUT2D eigenvalue weighted by molar-refractivity contribution is -0.105. The fourth-order valence-electron chi connectivity index (χ4n) is 4.58. The maximum Gasteiger partial charge on any atom is 0.274 e. The second-order valence-corrected chi connectivity index (χ2v) is 8.91. The second-order valence-electron chi connectivity index (χ2n) is 8.91. The highest BCUT2D eigenvalue weighted by Gasteiger charge is 2.46. The van der Waals surface area contributed by atoms with Gasteiger partial charge >= 0.3 is 0 Å².